The van der Waals surface area contributed by atoms with E-state index in [1.807, 2.05) is 36.4 Å². The second-order valence-corrected chi connectivity index (χ2v) is 8.61. The molecule has 0 saturated carbocycles. The third-order valence-corrected chi connectivity index (χ3v) is 6.19. The van der Waals surface area contributed by atoms with Gasteiger partial charge in [-0.2, -0.15) is 0 Å². The first-order valence-electron chi connectivity index (χ1n) is 9.72. The standard InChI is InChI=1S/C24H19BrClNO4/c25-14-9-10-21(26)19(11-14)22(12-23(28)29)27-24(30)31-13-20-17-7-3-1-5-15(17)16-6-2-4-8-18(16)20/h1-11,20,22H,12-13H2,(H,27,30)(H,28,29). The van der Waals surface area contributed by atoms with E-state index in [9.17, 15) is 14.7 Å². The number of rotatable bonds is 6. The lowest BCUT2D eigenvalue weighted by molar-refractivity contribution is -0.137. The van der Waals surface area contributed by atoms with E-state index in [1.165, 1.54) is 0 Å². The average molecular weight is 501 g/mol. The van der Waals surface area contributed by atoms with Gasteiger partial charge in [0.1, 0.15) is 6.61 Å². The minimum Gasteiger partial charge on any atom is -0.481 e. The first kappa shape index (κ1) is 21.4. The molecule has 4 rings (SSSR count). The Morgan fingerprint density at radius 1 is 1.03 bits per heavy atom. The average Bonchev–Trinajstić information content (AvgIpc) is 3.07. The normalized spacial score (nSPS) is 13.2. The Hall–Kier alpha value is -2.83. The summed E-state index contributed by atoms with van der Waals surface area (Å²) in [6, 6.07) is 20.4. The molecule has 0 saturated heterocycles. The second kappa shape index (κ2) is 9.12. The van der Waals surface area contributed by atoms with Crippen LogP contribution in [0.5, 0.6) is 0 Å². The number of hydrogen-bond donors (Lipinski definition) is 2. The summed E-state index contributed by atoms with van der Waals surface area (Å²) in [6.45, 7) is 0.145. The molecule has 5 nitrogen and oxygen atoms in total. The number of carboxylic acids is 1. The van der Waals surface area contributed by atoms with Crippen molar-refractivity contribution >= 4 is 39.6 Å². The largest absolute Gasteiger partial charge is 0.481 e. The smallest absolute Gasteiger partial charge is 0.407 e. The van der Waals surface area contributed by atoms with Crippen molar-refractivity contribution in [2.75, 3.05) is 6.61 Å². The summed E-state index contributed by atoms with van der Waals surface area (Å²) >= 11 is 9.60. The summed E-state index contributed by atoms with van der Waals surface area (Å²) in [5, 5.41) is 12.3. The molecule has 3 aromatic rings. The van der Waals surface area contributed by atoms with Crippen molar-refractivity contribution < 1.29 is 19.4 Å². The van der Waals surface area contributed by atoms with Crippen LogP contribution in [-0.4, -0.2) is 23.8 Å². The number of aliphatic carboxylic acids is 1. The van der Waals surface area contributed by atoms with Crippen LogP contribution >= 0.6 is 27.5 Å². The van der Waals surface area contributed by atoms with E-state index in [0.717, 1.165) is 26.7 Å². The molecule has 0 spiro atoms. The fourth-order valence-corrected chi connectivity index (χ4v) is 4.61. The Balaban J connectivity index is 1.50. The quantitative estimate of drug-likeness (QED) is 0.425. The highest BCUT2D eigenvalue weighted by atomic mass is 79.9. The van der Waals surface area contributed by atoms with Gasteiger partial charge in [-0.3, -0.25) is 4.79 Å². The molecule has 7 heteroatoms. The molecule has 0 aliphatic heterocycles. The minimum absolute atomic E-state index is 0.0782. The number of halogens is 2. The number of nitrogens with one attached hydrogen (secondary N) is 1. The first-order chi connectivity index (χ1) is 14.9. The molecular weight excluding hydrogens is 482 g/mol. The van der Waals surface area contributed by atoms with Gasteiger partial charge in [-0.15, -0.1) is 0 Å². The number of benzene rings is 3. The maximum absolute atomic E-state index is 12.6. The highest BCUT2D eigenvalue weighted by Crippen LogP contribution is 2.44. The van der Waals surface area contributed by atoms with E-state index in [1.54, 1.807) is 18.2 Å². The van der Waals surface area contributed by atoms with Gasteiger partial charge in [0.2, 0.25) is 0 Å². The van der Waals surface area contributed by atoms with Gasteiger partial charge in [-0.1, -0.05) is 76.1 Å². The number of hydrogen-bond acceptors (Lipinski definition) is 3. The van der Waals surface area contributed by atoms with Gasteiger partial charge >= 0.3 is 12.1 Å². The predicted octanol–water partition coefficient (Wildman–Crippen LogP) is 6.16. The van der Waals surface area contributed by atoms with E-state index >= 15 is 0 Å². The van der Waals surface area contributed by atoms with Crippen LogP contribution in [-0.2, 0) is 9.53 Å². The van der Waals surface area contributed by atoms with Crippen LogP contribution in [0.1, 0.15) is 35.1 Å². The Morgan fingerprint density at radius 2 is 1.65 bits per heavy atom. The summed E-state index contributed by atoms with van der Waals surface area (Å²) in [5.74, 6) is -1.13. The molecule has 1 aliphatic carbocycles. The van der Waals surface area contributed by atoms with Gasteiger partial charge in [-0.05, 0) is 46.0 Å². The molecule has 0 bridgehead atoms. The molecule has 158 valence electrons. The SMILES string of the molecule is O=C(O)CC(NC(=O)OCC1c2ccccc2-c2ccccc21)c1cc(Br)ccc1Cl. The van der Waals surface area contributed by atoms with Crippen LogP contribution < -0.4 is 5.32 Å². The number of amides is 1. The van der Waals surface area contributed by atoms with Gasteiger partial charge in [-0.25, -0.2) is 4.79 Å². The number of fused-ring (bicyclic) bond motifs is 3. The fourth-order valence-electron chi connectivity index (χ4n) is 3.98. The fraction of sp³-hybridized carbons (Fsp3) is 0.167. The minimum atomic E-state index is -1.06. The van der Waals surface area contributed by atoms with Crippen molar-refractivity contribution in [3.63, 3.8) is 0 Å². The number of alkyl carbamates (subject to hydrolysis) is 1. The maximum atomic E-state index is 12.6. The van der Waals surface area contributed by atoms with Crippen LogP contribution in [0.3, 0.4) is 0 Å². The zero-order valence-corrected chi connectivity index (χ0v) is 18.7. The van der Waals surface area contributed by atoms with Gasteiger partial charge in [0, 0.05) is 15.4 Å². The first-order valence-corrected chi connectivity index (χ1v) is 10.9. The zero-order chi connectivity index (χ0) is 22.0. The molecule has 2 N–H and O–H groups in total. The van der Waals surface area contributed by atoms with Crippen molar-refractivity contribution in [3.05, 3.63) is 92.9 Å². The lowest BCUT2D eigenvalue weighted by Gasteiger charge is -2.20. The summed E-state index contributed by atoms with van der Waals surface area (Å²) < 4.78 is 6.28. The molecular formula is C24H19BrClNO4. The number of carbonyl (C=O) groups is 2. The Labute approximate surface area is 193 Å². The molecule has 1 atom stereocenters. The van der Waals surface area contributed by atoms with Crippen LogP contribution in [0, 0.1) is 0 Å². The summed E-state index contributed by atoms with van der Waals surface area (Å²) in [7, 11) is 0. The van der Waals surface area contributed by atoms with E-state index in [0.29, 0.717) is 10.6 Å². The third-order valence-electron chi connectivity index (χ3n) is 5.35. The van der Waals surface area contributed by atoms with E-state index < -0.39 is 18.1 Å². The van der Waals surface area contributed by atoms with Crippen LogP contribution in [0.25, 0.3) is 11.1 Å². The van der Waals surface area contributed by atoms with Gasteiger partial charge in [0.25, 0.3) is 0 Å². The summed E-state index contributed by atoms with van der Waals surface area (Å²) in [4.78, 5) is 24.0. The van der Waals surface area contributed by atoms with E-state index in [-0.39, 0.29) is 18.9 Å². The van der Waals surface area contributed by atoms with Crippen molar-refractivity contribution in [2.45, 2.75) is 18.4 Å². The molecule has 1 amide bonds. The summed E-state index contributed by atoms with van der Waals surface area (Å²) in [6.07, 6.45) is -1.01. The van der Waals surface area contributed by atoms with Crippen LogP contribution in [0.4, 0.5) is 4.79 Å². The summed E-state index contributed by atoms with van der Waals surface area (Å²) in [5.41, 5.74) is 4.99. The molecule has 1 unspecified atom stereocenters. The van der Waals surface area contributed by atoms with Gasteiger partial charge in [0.05, 0.1) is 12.5 Å². The van der Waals surface area contributed by atoms with Crippen LogP contribution in [0.2, 0.25) is 5.02 Å². The number of carbonyl (C=O) groups excluding carboxylic acids is 1. The Morgan fingerprint density at radius 3 is 2.26 bits per heavy atom. The topological polar surface area (TPSA) is 75.6 Å². The van der Waals surface area contributed by atoms with E-state index in [2.05, 4.69) is 33.4 Å². The molecule has 3 aromatic carbocycles. The Kier molecular flexibility index (Phi) is 6.30. The highest BCUT2D eigenvalue weighted by Gasteiger charge is 2.29. The zero-order valence-electron chi connectivity index (χ0n) is 16.3. The lowest BCUT2D eigenvalue weighted by atomic mass is 9.98. The number of carboxylic acid groups (broad SMARTS) is 1. The number of ether oxygens (including phenoxy) is 1. The maximum Gasteiger partial charge on any atom is 0.407 e. The van der Waals surface area contributed by atoms with Gasteiger partial charge < -0.3 is 15.2 Å². The monoisotopic (exact) mass is 499 g/mol. The predicted molar refractivity (Wildman–Crippen MR) is 122 cm³/mol. The molecule has 0 heterocycles. The van der Waals surface area contributed by atoms with Crippen molar-refractivity contribution in [2.24, 2.45) is 0 Å². The van der Waals surface area contributed by atoms with Gasteiger partial charge in [0.15, 0.2) is 0 Å². The van der Waals surface area contributed by atoms with Crippen molar-refractivity contribution in [3.8, 4) is 11.1 Å². The third kappa shape index (κ3) is 4.60. The lowest BCUT2D eigenvalue weighted by Crippen LogP contribution is -2.32. The molecule has 0 fully saturated rings. The molecule has 0 radical (unpaired) electrons. The Bertz CT molecular complexity index is 1100. The molecule has 1 aliphatic rings. The van der Waals surface area contributed by atoms with Crippen molar-refractivity contribution in [1.82, 2.24) is 5.32 Å². The van der Waals surface area contributed by atoms with Crippen LogP contribution in [0.15, 0.2) is 71.2 Å². The second-order valence-electron chi connectivity index (χ2n) is 7.29. The van der Waals surface area contributed by atoms with E-state index in [4.69, 9.17) is 16.3 Å². The molecule has 31 heavy (non-hydrogen) atoms. The highest BCUT2D eigenvalue weighted by molar-refractivity contribution is 9.10. The van der Waals surface area contributed by atoms with Crippen molar-refractivity contribution in [1.29, 1.82) is 0 Å². The molecule has 0 aromatic heterocycles.